The summed E-state index contributed by atoms with van der Waals surface area (Å²) in [5, 5.41) is 0. The van der Waals surface area contributed by atoms with Gasteiger partial charge in [0.15, 0.2) is 0 Å². The highest BCUT2D eigenvalue weighted by atomic mass is 79.9. The van der Waals surface area contributed by atoms with E-state index in [4.69, 9.17) is 9.47 Å². The Bertz CT molecular complexity index is 363. The Morgan fingerprint density at radius 2 is 2.06 bits per heavy atom. The molecule has 0 N–H and O–H groups in total. The molecule has 0 radical (unpaired) electrons. The highest BCUT2D eigenvalue weighted by Crippen LogP contribution is 2.40. The number of ether oxygens (including phenoxy) is 2. The standard InChI is InChI=1S/C15H21BrO2/c1-3-14-13(9-10-18-14)15(16)11-5-7-12(8-6-11)17-4-2/h5-8,13-15H,3-4,9-10H2,1-2H3. The van der Waals surface area contributed by atoms with E-state index in [1.165, 1.54) is 5.56 Å². The minimum atomic E-state index is 0.376. The van der Waals surface area contributed by atoms with E-state index < -0.39 is 0 Å². The monoisotopic (exact) mass is 312 g/mol. The smallest absolute Gasteiger partial charge is 0.119 e. The van der Waals surface area contributed by atoms with E-state index in [1.54, 1.807) is 0 Å². The molecule has 18 heavy (non-hydrogen) atoms. The predicted molar refractivity (Wildman–Crippen MR) is 77.4 cm³/mol. The fourth-order valence-corrected chi connectivity index (χ4v) is 3.49. The Morgan fingerprint density at radius 1 is 1.33 bits per heavy atom. The lowest BCUT2D eigenvalue weighted by atomic mass is 9.92. The Balaban J connectivity index is 2.05. The van der Waals surface area contributed by atoms with Gasteiger partial charge in [0.1, 0.15) is 5.75 Å². The molecule has 1 aliphatic heterocycles. The van der Waals surface area contributed by atoms with Gasteiger partial charge in [0.2, 0.25) is 0 Å². The van der Waals surface area contributed by atoms with Gasteiger partial charge in [-0.3, -0.25) is 0 Å². The first-order chi connectivity index (χ1) is 8.76. The van der Waals surface area contributed by atoms with Crippen molar-refractivity contribution in [3.05, 3.63) is 29.8 Å². The molecule has 1 aromatic carbocycles. The molecular formula is C15H21BrO2. The average Bonchev–Trinajstić information content (AvgIpc) is 2.87. The van der Waals surface area contributed by atoms with Crippen LogP contribution in [0.5, 0.6) is 5.75 Å². The van der Waals surface area contributed by atoms with E-state index in [2.05, 4.69) is 35.0 Å². The van der Waals surface area contributed by atoms with Gasteiger partial charge in [0.05, 0.1) is 12.7 Å². The second-order valence-electron chi connectivity index (χ2n) is 4.67. The summed E-state index contributed by atoms with van der Waals surface area (Å²) < 4.78 is 11.2. The highest BCUT2D eigenvalue weighted by Gasteiger charge is 2.32. The molecule has 1 aliphatic rings. The molecule has 3 heteroatoms. The molecule has 3 atom stereocenters. The average molecular weight is 313 g/mol. The zero-order valence-electron chi connectivity index (χ0n) is 11.1. The lowest BCUT2D eigenvalue weighted by molar-refractivity contribution is 0.0873. The van der Waals surface area contributed by atoms with Gasteiger partial charge in [-0.25, -0.2) is 0 Å². The summed E-state index contributed by atoms with van der Waals surface area (Å²) in [7, 11) is 0. The van der Waals surface area contributed by atoms with Gasteiger partial charge in [-0.15, -0.1) is 0 Å². The molecule has 100 valence electrons. The summed E-state index contributed by atoms with van der Waals surface area (Å²) in [6.07, 6.45) is 2.62. The highest BCUT2D eigenvalue weighted by molar-refractivity contribution is 9.09. The lowest BCUT2D eigenvalue weighted by Crippen LogP contribution is -2.18. The molecule has 0 aliphatic carbocycles. The number of halogens is 1. The molecule has 3 unspecified atom stereocenters. The summed E-state index contributed by atoms with van der Waals surface area (Å²) >= 11 is 3.84. The fourth-order valence-electron chi connectivity index (χ4n) is 2.58. The van der Waals surface area contributed by atoms with Crippen LogP contribution in [0.3, 0.4) is 0 Å². The third kappa shape index (κ3) is 3.07. The summed E-state index contributed by atoms with van der Waals surface area (Å²) in [4.78, 5) is 0.376. The van der Waals surface area contributed by atoms with Crippen molar-refractivity contribution in [2.24, 2.45) is 5.92 Å². The Kier molecular flexibility index (Phi) is 5.07. The normalized spacial score (nSPS) is 25.1. The molecule has 1 saturated heterocycles. The molecule has 2 nitrogen and oxygen atoms in total. The Hall–Kier alpha value is -0.540. The second kappa shape index (κ2) is 6.58. The van der Waals surface area contributed by atoms with E-state index in [9.17, 15) is 0 Å². The van der Waals surface area contributed by atoms with Gasteiger partial charge in [0, 0.05) is 17.4 Å². The minimum Gasteiger partial charge on any atom is -0.494 e. The lowest BCUT2D eigenvalue weighted by Gasteiger charge is -2.22. The summed E-state index contributed by atoms with van der Waals surface area (Å²) in [5.74, 6) is 1.52. The summed E-state index contributed by atoms with van der Waals surface area (Å²) in [6.45, 7) is 5.80. The van der Waals surface area contributed by atoms with Crippen LogP contribution in [0.4, 0.5) is 0 Å². The van der Waals surface area contributed by atoms with Gasteiger partial charge in [-0.1, -0.05) is 35.0 Å². The SMILES string of the molecule is CCOc1ccc(C(Br)C2CCOC2CC)cc1. The van der Waals surface area contributed by atoms with Crippen molar-refractivity contribution in [2.75, 3.05) is 13.2 Å². The van der Waals surface area contributed by atoms with Crippen LogP contribution in [-0.4, -0.2) is 19.3 Å². The van der Waals surface area contributed by atoms with E-state index in [-0.39, 0.29) is 0 Å². The minimum absolute atomic E-state index is 0.376. The van der Waals surface area contributed by atoms with Crippen LogP contribution in [-0.2, 0) is 4.74 Å². The van der Waals surface area contributed by atoms with Gasteiger partial charge in [-0.05, 0) is 37.5 Å². The van der Waals surface area contributed by atoms with Crippen molar-refractivity contribution in [3.8, 4) is 5.75 Å². The molecule has 0 aromatic heterocycles. The predicted octanol–water partition coefficient (Wildman–Crippen LogP) is 4.34. The van der Waals surface area contributed by atoms with Gasteiger partial charge < -0.3 is 9.47 Å². The number of benzene rings is 1. The number of rotatable bonds is 5. The van der Waals surface area contributed by atoms with Crippen LogP contribution in [0.25, 0.3) is 0 Å². The first kappa shape index (κ1) is 13.9. The van der Waals surface area contributed by atoms with Gasteiger partial charge in [-0.2, -0.15) is 0 Å². The molecular weight excluding hydrogens is 292 g/mol. The van der Waals surface area contributed by atoms with Crippen LogP contribution in [0.1, 0.15) is 37.1 Å². The van der Waals surface area contributed by atoms with E-state index in [0.29, 0.717) is 23.5 Å². The topological polar surface area (TPSA) is 18.5 Å². The molecule has 0 amide bonds. The van der Waals surface area contributed by atoms with Crippen molar-refractivity contribution in [3.63, 3.8) is 0 Å². The summed E-state index contributed by atoms with van der Waals surface area (Å²) in [5.41, 5.74) is 1.31. The molecule has 0 bridgehead atoms. The zero-order valence-corrected chi connectivity index (χ0v) is 12.7. The maximum absolute atomic E-state index is 5.76. The fraction of sp³-hybridized carbons (Fsp3) is 0.600. The van der Waals surface area contributed by atoms with Crippen LogP contribution in [0.15, 0.2) is 24.3 Å². The zero-order chi connectivity index (χ0) is 13.0. The third-order valence-electron chi connectivity index (χ3n) is 3.55. The number of hydrogen-bond acceptors (Lipinski definition) is 2. The molecule has 0 saturated carbocycles. The third-order valence-corrected chi connectivity index (χ3v) is 4.76. The largest absolute Gasteiger partial charge is 0.494 e. The van der Waals surface area contributed by atoms with Crippen molar-refractivity contribution in [1.29, 1.82) is 0 Å². The molecule has 1 fully saturated rings. The van der Waals surface area contributed by atoms with Crippen LogP contribution in [0, 0.1) is 5.92 Å². The molecule has 0 spiro atoms. The van der Waals surface area contributed by atoms with Crippen LogP contribution < -0.4 is 4.74 Å². The van der Waals surface area contributed by atoms with E-state index in [0.717, 1.165) is 25.2 Å². The van der Waals surface area contributed by atoms with Crippen molar-refractivity contribution >= 4 is 15.9 Å². The van der Waals surface area contributed by atoms with Crippen molar-refractivity contribution in [2.45, 2.75) is 37.6 Å². The first-order valence-corrected chi connectivity index (χ1v) is 7.66. The van der Waals surface area contributed by atoms with E-state index in [1.807, 2.05) is 19.1 Å². The van der Waals surface area contributed by atoms with Gasteiger partial charge in [0.25, 0.3) is 0 Å². The summed E-state index contributed by atoms with van der Waals surface area (Å²) in [6, 6.07) is 8.39. The maximum atomic E-state index is 5.76. The van der Waals surface area contributed by atoms with E-state index >= 15 is 0 Å². The van der Waals surface area contributed by atoms with Crippen LogP contribution in [0.2, 0.25) is 0 Å². The molecule has 1 heterocycles. The van der Waals surface area contributed by atoms with Crippen LogP contribution >= 0.6 is 15.9 Å². The molecule has 1 aromatic rings. The van der Waals surface area contributed by atoms with Crippen molar-refractivity contribution < 1.29 is 9.47 Å². The second-order valence-corrected chi connectivity index (χ2v) is 5.66. The number of hydrogen-bond donors (Lipinski definition) is 0. The quantitative estimate of drug-likeness (QED) is 0.753. The van der Waals surface area contributed by atoms with Gasteiger partial charge >= 0.3 is 0 Å². The maximum Gasteiger partial charge on any atom is 0.119 e. The Morgan fingerprint density at radius 3 is 2.67 bits per heavy atom. The molecule has 2 rings (SSSR count). The van der Waals surface area contributed by atoms with Crippen molar-refractivity contribution in [1.82, 2.24) is 0 Å². The first-order valence-electron chi connectivity index (χ1n) is 6.74. The number of alkyl halides is 1. The Labute approximate surface area is 118 Å².